The molecule has 0 aliphatic carbocycles. The molecule has 0 unspecified atom stereocenters. The summed E-state index contributed by atoms with van der Waals surface area (Å²) < 4.78 is 0. The summed E-state index contributed by atoms with van der Waals surface area (Å²) in [6, 6.07) is -1.46. The third-order valence-electron chi connectivity index (χ3n) is 10.4. The molecule has 0 bridgehead atoms. The van der Waals surface area contributed by atoms with Gasteiger partial charge in [0.2, 0.25) is 47.3 Å². The molecule has 0 radical (unpaired) electrons. The first-order valence-corrected chi connectivity index (χ1v) is 22.8. The van der Waals surface area contributed by atoms with E-state index in [1.54, 1.807) is 52.0 Å². The van der Waals surface area contributed by atoms with Crippen LogP contribution >= 0.6 is 12.6 Å². The second-order valence-corrected chi connectivity index (χ2v) is 16.9. The smallest absolute Gasteiger partial charge is 0.326 e. The van der Waals surface area contributed by atoms with E-state index in [1.165, 1.54) is 6.92 Å². The minimum Gasteiger partial charge on any atom is -0.481 e. The molecule has 0 aliphatic heterocycles. The number of carboxylic acids is 2. The predicted molar refractivity (Wildman–Crippen MR) is 248 cm³/mol. The molecule has 0 fully saturated rings. The van der Waals surface area contributed by atoms with E-state index in [1.807, 2.05) is 6.07 Å². The molecule has 9 atom stereocenters. The summed E-state index contributed by atoms with van der Waals surface area (Å²) in [5, 5.41) is 48.2. The van der Waals surface area contributed by atoms with E-state index in [0.29, 0.717) is 25.8 Å². The summed E-state index contributed by atoms with van der Waals surface area (Å²) in [6.07, 6.45) is 0.668. The first kappa shape index (κ1) is 59.2. The number of carbonyl (C=O) groups is 10. The lowest BCUT2D eigenvalue weighted by Gasteiger charge is -2.28. The van der Waals surface area contributed by atoms with Crippen LogP contribution in [0.3, 0.4) is 0 Å². The Kier molecular flexibility index (Phi) is 27.5. The third kappa shape index (κ3) is 22.5. The topological polar surface area (TPSA) is 380 Å². The number of benzene rings is 1. The van der Waals surface area contributed by atoms with Gasteiger partial charge >= 0.3 is 11.9 Å². The van der Waals surface area contributed by atoms with E-state index in [2.05, 4.69) is 55.2 Å². The molecule has 0 heterocycles. The molecule has 0 aliphatic rings. The van der Waals surface area contributed by atoms with E-state index in [-0.39, 0.29) is 30.9 Å². The highest BCUT2D eigenvalue weighted by atomic mass is 32.1. The van der Waals surface area contributed by atoms with Crippen LogP contribution in [0, 0.1) is 11.8 Å². The molecule has 0 spiro atoms. The van der Waals surface area contributed by atoms with Crippen LogP contribution in [0.2, 0.25) is 0 Å². The van der Waals surface area contributed by atoms with Crippen molar-refractivity contribution in [3.63, 3.8) is 0 Å². The van der Waals surface area contributed by atoms with Crippen LogP contribution < -0.4 is 54.0 Å². The molecule has 1 rings (SSSR count). The summed E-state index contributed by atoms with van der Waals surface area (Å²) in [6.45, 7) is 6.90. The molecule has 8 amide bonds. The molecule has 67 heavy (non-hydrogen) atoms. The van der Waals surface area contributed by atoms with Crippen LogP contribution in [-0.4, -0.2) is 148 Å². The summed E-state index contributed by atoms with van der Waals surface area (Å²) in [4.78, 5) is 129. The number of amides is 8. The quantitative estimate of drug-likeness (QED) is 0.0256. The Morgan fingerprint density at radius 2 is 1.24 bits per heavy atom. The Balaban J connectivity index is 2.99. The average Bonchev–Trinajstić information content (AvgIpc) is 3.28. The molecule has 1 aromatic carbocycles. The molecule has 23 nitrogen and oxygen atoms in total. The second kappa shape index (κ2) is 31.2. The number of aliphatic hydroxyl groups is 1. The van der Waals surface area contributed by atoms with Gasteiger partial charge in [-0.05, 0) is 69.4 Å². The van der Waals surface area contributed by atoms with Gasteiger partial charge in [-0.3, -0.25) is 43.2 Å². The number of carboxylic acid groups (broad SMARTS) is 2. The number of aliphatic carboxylic acids is 2. The SMILES string of the molecule is CC[C@H](C)[C@H](NC(=O)[C@@H](N)Cc1ccccc1)C(=O)N[C@@H](CO)C(=O)N[C@@H](CC(C)C)C(=O)NCC(=O)N[C@@H](CCC(=O)O)C(=O)N[C@@H](C)C(=O)N[C@@H](CS)C(=O)N[C@@H](CCCCN)C(=O)O. The number of hydrogen-bond acceptors (Lipinski definition) is 14. The Morgan fingerprint density at radius 1 is 0.657 bits per heavy atom. The van der Waals surface area contributed by atoms with Gasteiger partial charge in [-0.25, -0.2) is 4.79 Å². The van der Waals surface area contributed by atoms with Gasteiger partial charge < -0.3 is 69.3 Å². The zero-order valence-electron chi connectivity index (χ0n) is 38.7. The number of rotatable bonds is 32. The third-order valence-corrected chi connectivity index (χ3v) is 10.8. The van der Waals surface area contributed by atoms with Gasteiger partial charge in [0, 0.05) is 12.2 Å². The van der Waals surface area contributed by atoms with Gasteiger partial charge in [0.25, 0.3) is 0 Å². The van der Waals surface area contributed by atoms with Gasteiger partial charge in [0.15, 0.2) is 0 Å². The second-order valence-electron chi connectivity index (χ2n) is 16.5. The minimum atomic E-state index is -1.57. The molecule has 15 N–H and O–H groups in total. The highest BCUT2D eigenvalue weighted by molar-refractivity contribution is 7.80. The van der Waals surface area contributed by atoms with E-state index in [4.69, 9.17) is 11.5 Å². The van der Waals surface area contributed by atoms with E-state index in [9.17, 15) is 63.3 Å². The summed E-state index contributed by atoms with van der Waals surface area (Å²) in [5.41, 5.74) is 12.4. The fraction of sp³-hybridized carbons (Fsp3) is 0.628. The van der Waals surface area contributed by atoms with Gasteiger partial charge in [0.1, 0.15) is 42.3 Å². The van der Waals surface area contributed by atoms with Gasteiger partial charge in [-0.15, -0.1) is 0 Å². The Morgan fingerprint density at radius 3 is 1.79 bits per heavy atom. The van der Waals surface area contributed by atoms with Gasteiger partial charge in [0.05, 0.1) is 19.2 Å². The van der Waals surface area contributed by atoms with Crippen LogP contribution in [0.1, 0.15) is 85.1 Å². The van der Waals surface area contributed by atoms with Crippen LogP contribution in [0.25, 0.3) is 0 Å². The van der Waals surface area contributed by atoms with Crippen molar-refractivity contribution in [2.24, 2.45) is 23.3 Å². The van der Waals surface area contributed by atoms with Crippen LogP contribution in [-0.2, 0) is 54.4 Å². The number of nitrogens with two attached hydrogens (primary N) is 2. The lowest BCUT2D eigenvalue weighted by atomic mass is 9.97. The van der Waals surface area contributed by atoms with Crippen molar-refractivity contribution in [3.05, 3.63) is 35.9 Å². The van der Waals surface area contributed by atoms with E-state index < -0.39 is 139 Å². The number of unbranched alkanes of at least 4 members (excludes halogenated alkanes) is 1. The number of thiol groups is 1. The maximum atomic E-state index is 13.5. The number of hydrogen-bond donors (Lipinski definition) is 14. The zero-order chi connectivity index (χ0) is 50.8. The van der Waals surface area contributed by atoms with Crippen molar-refractivity contribution in [1.82, 2.24) is 42.5 Å². The largest absolute Gasteiger partial charge is 0.481 e. The molecular weight excluding hydrogens is 897 g/mol. The Hall–Kier alpha value is -5.85. The van der Waals surface area contributed by atoms with E-state index in [0.717, 1.165) is 5.56 Å². The molecule has 376 valence electrons. The van der Waals surface area contributed by atoms with Crippen molar-refractivity contribution in [3.8, 4) is 0 Å². The number of nitrogens with one attached hydrogen (secondary N) is 8. The monoisotopic (exact) mass is 966 g/mol. The maximum Gasteiger partial charge on any atom is 0.326 e. The predicted octanol–water partition coefficient (Wildman–Crippen LogP) is -2.82. The molecule has 0 aromatic heterocycles. The average molecular weight is 967 g/mol. The van der Waals surface area contributed by atoms with Crippen molar-refractivity contribution >= 4 is 71.8 Å². The van der Waals surface area contributed by atoms with Crippen molar-refractivity contribution in [2.45, 2.75) is 134 Å². The Bertz CT molecular complexity index is 1830. The van der Waals surface area contributed by atoms with Gasteiger partial charge in [-0.1, -0.05) is 64.4 Å². The molecule has 1 aromatic rings. The van der Waals surface area contributed by atoms with Crippen molar-refractivity contribution in [1.29, 1.82) is 0 Å². The van der Waals surface area contributed by atoms with Crippen molar-refractivity contribution in [2.75, 3.05) is 25.4 Å². The first-order valence-electron chi connectivity index (χ1n) is 22.1. The summed E-state index contributed by atoms with van der Waals surface area (Å²) >= 11 is 4.07. The lowest BCUT2D eigenvalue weighted by Crippen LogP contribution is -2.60. The molecule has 0 saturated carbocycles. The van der Waals surface area contributed by atoms with E-state index >= 15 is 0 Å². The normalized spacial score (nSPS) is 15.1. The standard InChI is InChI=1S/C43H70N10O13S/c1-6-24(4)35(53-37(59)27(45)19-26-12-8-7-9-13-26)42(64)51-31(21-54)40(62)50-30(18-23(2)3)38(60)46-20-33(55)48-28(15-16-34(56)57)39(61)47-25(5)36(58)52-32(22-67)41(63)49-29(43(65)66)14-10-11-17-44/h7-9,12-13,23-25,27-32,35,54,67H,6,10-11,14-22,44-45H2,1-5H3,(H,46,60)(H,47,61)(H,48,55)(H,49,63)(H,50,62)(H,51,64)(H,52,58)(H,53,59)(H,56,57)(H,65,66)/t24-,25-,27-,28-,29-,30-,31-,32-,35-/m0/s1. The maximum absolute atomic E-state index is 13.5. The minimum absolute atomic E-state index is 0.0321. The summed E-state index contributed by atoms with van der Waals surface area (Å²) in [5.74, 6) is -10.4. The zero-order valence-corrected chi connectivity index (χ0v) is 39.6. The van der Waals surface area contributed by atoms with Crippen LogP contribution in [0.4, 0.5) is 0 Å². The van der Waals surface area contributed by atoms with Crippen LogP contribution in [0.5, 0.6) is 0 Å². The molecule has 24 heteroatoms. The molecule has 0 saturated heterocycles. The lowest BCUT2D eigenvalue weighted by molar-refractivity contribution is -0.142. The fourth-order valence-electron chi connectivity index (χ4n) is 6.32. The highest BCUT2D eigenvalue weighted by Crippen LogP contribution is 2.11. The number of carbonyl (C=O) groups excluding carboxylic acids is 8. The Labute approximate surface area is 395 Å². The summed E-state index contributed by atoms with van der Waals surface area (Å²) in [7, 11) is 0. The van der Waals surface area contributed by atoms with Crippen molar-refractivity contribution < 1.29 is 63.3 Å². The molecular formula is C43H70N10O13S. The first-order chi connectivity index (χ1) is 31.6. The van der Waals surface area contributed by atoms with Crippen LogP contribution in [0.15, 0.2) is 30.3 Å². The van der Waals surface area contributed by atoms with Gasteiger partial charge in [-0.2, -0.15) is 12.6 Å². The highest BCUT2D eigenvalue weighted by Gasteiger charge is 2.34. The fourth-order valence-corrected chi connectivity index (χ4v) is 6.58. The number of aliphatic hydroxyl groups excluding tert-OH is 1.